The van der Waals surface area contributed by atoms with Crippen LogP contribution in [0.1, 0.15) is 33.6 Å². The molecule has 17 heavy (non-hydrogen) atoms. The molecule has 0 amide bonds. The quantitative estimate of drug-likeness (QED) is 0.680. The maximum Gasteiger partial charge on any atom is 0.323 e. The molecule has 1 atom stereocenters. The van der Waals surface area contributed by atoms with Gasteiger partial charge in [0.25, 0.3) is 0 Å². The molecule has 0 unspecified atom stereocenters. The highest BCUT2D eigenvalue weighted by atomic mass is 35.5. The first-order valence-electron chi connectivity index (χ1n) is 5.99. The van der Waals surface area contributed by atoms with Crippen molar-refractivity contribution in [1.29, 1.82) is 0 Å². The Balaban J connectivity index is 0. The van der Waals surface area contributed by atoms with Gasteiger partial charge in [-0.05, 0) is 25.3 Å². The van der Waals surface area contributed by atoms with Gasteiger partial charge in [0.15, 0.2) is 0 Å². The Bertz CT molecular complexity index is 200. The lowest BCUT2D eigenvalue weighted by Gasteiger charge is -2.30. The predicted molar refractivity (Wildman–Crippen MR) is 71.5 cm³/mol. The van der Waals surface area contributed by atoms with Gasteiger partial charge in [-0.1, -0.05) is 20.8 Å². The molecule has 0 aliphatic carbocycles. The molecular weight excluding hydrogens is 242 g/mol. The zero-order chi connectivity index (χ0) is 12.6. The van der Waals surface area contributed by atoms with Crippen LogP contribution in [-0.4, -0.2) is 48.8 Å². The summed E-state index contributed by atoms with van der Waals surface area (Å²) in [5, 5.41) is 9.00. The summed E-state index contributed by atoms with van der Waals surface area (Å²) in [4.78, 5) is 13.7. The summed E-state index contributed by atoms with van der Waals surface area (Å²) in [6.07, 6.45) is 1.44. The number of hydrogen-bond donors (Lipinski definition) is 1. The molecule has 0 fully saturated rings. The average molecular weight is 268 g/mol. The van der Waals surface area contributed by atoms with E-state index in [0.29, 0.717) is 12.3 Å². The summed E-state index contributed by atoms with van der Waals surface area (Å²) < 4.78 is 4.78. The third kappa shape index (κ3) is 7.58. The second kappa shape index (κ2) is 10.8. The van der Waals surface area contributed by atoms with Crippen molar-refractivity contribution < 1.29 is 14.6 Å². The van der Waals surface area contributed by atoms with Gasteiger partial charge in [0, 0.05) is 13.2 Å². The molecular formula is C12H26ClNO3. The van der Waals surface area contributed by atoms with Crippen molar-refractivity contribution in [3.63, 3.8) is 0 Å². The van der Waals surface area contributed by atoms with Crippen molar-refractivity contribution >= 4 is 18.4 Å². The zero-order valence-electron chi connectivity index (χ0n) is 11.3. The summed E-state index contributed by atoms with van der Waals surface area (Å²) in [7, 11) is 1.40. The number of hydrogen-bond acceptors (Lipinski definition) is 4. The smallest absolute Gasteiger partial charge is 0.323 e. The van der Waals surface area contributed by atoms with E-state index in [2.05, 4.69) is 25.7 Å². The second-order valence-electron chi connectivity index (χ2n) is 4.44. The van der Waals surface area contributed by atoms with Crippen LogP contribution < -0.4 is 0 Å². The largest absolute Gasteiger partial charge is 0.468 e. The van der Waals surface area contributed by atoms with Crippen LogP contribution in [-0.2, 0) is 9.53 Å². The number of aliphatic hydroxyl groups excluding tert-OH is 1. The van der Waals surface area contributed by atoms with E-state index in [1.807, 2.05) is 0 Å². The van der Waals surface area contributed by atoms with Crippen molar-refractivity contribution in [2.24, 2.45) is 5.92 Å². The van der Waals surface area contributed by atoms with Crippen LogP contribution in [0.3, 0.4) is 0 Å². The van der Waals surface area contributed by atoms with E-state index in [1.165, 1.54) is 7.11 Å². The Morgan fingerprint density at radius 3 is 2.35 bits per heavy atom. The average Bonchev–Trinajstić information content (AvgIpc) is 2.23. The lowest BCUT2D eigenvalue weighted by molar-refractivity contribution is -0.147. The molecule has 0 bridgehead atoms. The van der Waals surface area contributed by atoms with Gasteiger partial charge in [-0.15, -0.1) is 12.4 Å². The van der Waals surface area contributed by atoms with Gasteiger partial charge in [-0.2, -0.15) is 0 Å². The number of esters is 1. The normalized spacial score (nSPS) is 12.4. The van der Waals surface area contributed by atoms with E-state index >= 15 is 0 Å². The van der Waals surface area contributed by atoms with Crippen LogP contribution in [0.5, 0.6) is 0 Å². The molecule has 0 saturated heterocycles. The monoisotopic (exact) mass is 267 g/mol. The first kappa shape index (κ1) is 19.0. The standard InChI is InChI=1S/C12H25NO3.ClH/c1-5-7-13(9-10(2)3)11(6-8-14)12(15)16-4;/h10-11,14H,5-9H2,1-4H3;1H/t11-;/m0./s1. The van der Waals surface area contributed by atoms with Crippen LogP contribution in [0.2, 0.25) is 0 Å². The Kier molecular flexibility index (Phi) is 12.1. The molecule has 0 aromatic heterocycles. The highest BCUT2D eigenvalue weighted by Crippen LogP contribution is 2.10. The Hall–Kier alpha value is -0.320. The van der Waals surface area contributed by atoms with E-state index in [-0.39, 0.29) is 31.0 Å². The number of methoxy groups -OCH3 is 1. The number of carbonyl (C=O) groups excluding carboxylic acids is 1. The number of halogens is 1. The van der Waals surface area contributed by atoms with Crippen molar-refractivity contribution in [3.8, 4) is 0 Å². The van der Waals surface area contributed by atoms with Gasteiger partial charge >= 0.3 is 5.97 Å². The Labute approximate surface area is 111 Å². The zero-order valence-corrected chi connectivity index (χ0v) is 12.1. The predicted octanol–water partition coefficient (Wildman–Crippen LogP) is 1.70. The van der Waals surface area contributed by atoms with Gasteiger partial charge in [0.2, 0.25) is 0 Å². The third-order valence-corrected chi connectivity index (χ3v) is 2.43. The van der Waals surface area contributed by atoms with Crippen LogP contribution in [0.15, 0.2) is 0 Å². The first-order chi connectivity index (χ1) is 7.56. The fourth-order valence-electron chi connectivity index (χ4n) is 1.84. The molecule has 104 valence electrons. The van der Waals surface area contributed by atoms with Gasteiger partial charge in [-0.25, -0.2) is 0 Å². The molecule has 0 aliphatic heterocycles. The third-order valence-electron chi connectivity index (χ3n) is 2.43. The molecule has 0 aromatic carbocycles. The highest BCUT2D eigenvalue weighted by molar-refractivity contribution is 5.85. The fourth-order valence-corrected chi connectivity index (χ4v) is 1.84. The van der Waals surface area contributed by atoms with Crippen molar-refractivity contribution in [2.75, 3.05) is 26.8 Å². The molecule has 0 radical (unpaired) electrons. The second-order valence-corrected chi connectivity index (χ2v) is 4.44. The minimum Gasteiger partial charge on any atom is -0.468 e. The molecule has 1 N–H and O–H groups in total. The van der Waals surface area contributed by atoms with Gasteiger partial charge in [0.1, 0.15) is 6.04 Å². The number of carbonyl (C=O) groups is 1. The van der Waals surface area contributed by atoms with E-state index in [0.717, 1.165) is 19.5 Å². The summed E-state index contributed by atoms with van der Waals surface area (Å²) in [6.45, 7) is 8.05. The summed E-state index contributed by atoms with van der Waals surface area (Å²) in [6, 6.07) is -0.308. The number of aliphatic hydroxyl groups is 1. The fraction of sp³-hybridized carbons (Fsp3) is 0.917. The summed E-state index contributed by atoms with van der Waals surface area (Å²) in [5.74, 6) is 0.251. The Morgan fingerprint density at radius 2 is 2.00 bits per heavy atom. The van der Waals surface area contributed by atoms with Gasteiger partial charge in [-0.3, -0.25) is 9.69 Å². The van der Waals surface area contributed by atoms with Crippen LogP contribution in [0.4, 0.5) is 0 Å². The first-order valence-corrected chi connectivity index (χ1v) is 5.99. The summed E-state index contributed by atoms with van der Waals surface area (Å²) in [5.41, 5.74) is 0. The molecule has 0 heterocycles. The van der Waals surface area contributed by atoms with Crippen LogP contribution >= 0.6 is 12.4 Å². The number of rotatable bonds is 8. The summed E-state index contributed by atoms with van der Waals surface area (Å²) >= 11 is 0. The SMILES string of the molecule is CCCN(CC(C)C)[C@@H](CCO)C(=O)OC.Cl. The lowest BCUT2D eigenvalue weighted by atomic mass is 10.1. The number of nitrogens with zero attached hydrogens (tertiary/aromatic N) is 1. The van der Waals surface area contributed by atoms with Gasteiger partial charge < -0.3 is 9.84 Å². The molecule has 0 aliphatic rings. The van der Waals surface area contributed by atoms with Crippen LogP contribution in [0.25, 0.3) is 0 Å². The van der Waals surface area contributed by atoms with Crippen molar-refractivity contribution in [2.45, 2.75) is 39.7 Å². The molecule has 4 nitrogen and oxygen atoms in total. The van der Waals surface area contributed by atoms with Crippen molar-refractivity contribution in [1.82, 2.24) is 4.90 Å². The van der Waals surface area contributed by atoms with Crippen LogP contribution in [0, 0.1) is 5.92 Å². The maximum absolute atomic E-state index is 11.6. The van der Waals surface area contributed by atoms with E-state index in [1.54, 1.807) is 0 Å². The van der Waals surface area contributed by atoms with E-state index in [4.69, 9.17) is 9.84 Å². The Morgan fingerprint density at radius 1 is 1.41 bits per heavy atom. The maximum atomic E-state index is 11.6. The van der Waals surface area contributed by atoms with E-state index < -0.39 is 0 Å². The minimum absolute atomic E-state index is 0. The molecule has 0 spiro atoms. The lowest BCUT2D eigenvalue weighted by Crippen LogP contribution is -2.44. The van der Waals surface area contributed by atoms with E-state index in [9.17, 15) is 4.79 Å². The minimum atomic E-state index is -0.308. The topological polar surface area (TPSA) is 49.8 Å². The number of ether oxygens (including phenoxy) is 1. The molecule has 0 saturated carbocycles. The molecule has 5 heteroatoms. The van der Waals surface area contributed by atoms with Gasteiger partial charge in [0.05, 0.1) is 7.11 Å². The molecule has 0 rings (SSSR count). The van der Waals surface area contributed by atoms with Crippen molar-refractivity contribution in [3.05, 3.63) is 0 Å². The molecule has 0 aromatic rings. The highest BCUT2D eigenvalue weighted by Gasteiger charge is 2.25.